The molecule has 0 aromatic heterocycles. The fourth-order valence-corrected chi connectivity index (χ4v) is 4.40. The molecule has 3 rings (SSSR count). The first-order valence-corrected chi connectivity index (χ1v) is 7.91. The Kier molecular flexibility index (Phi) is 4.02. The van der Waals surface area contributed by atoms with Crippen molar-refractivity contribution in [1.29, 1.82) is 0 Å². The van der Waals surface area contributed by atoms with Gasteiger partial charge in [0, 0.05) is 18.6 Å². The summed E-state index contributed by atoms with van der Waals surface area (Å²) in [6, 6.07) is 1.80. The van der Waals surface area contributed by atoms with Crippen molar-refractivity contribution in [3.05, 3.63) is 0 Å². The third-order valence-electron chi connectivity index (χ3n) is 5.28. The zero-order chi connectivity index (χ0) is 11.5. The van der Waals surface area contributed by atoms with Crippen LogP contribution in [0.4, 0.5) is 0 Å². The Bertz CT molecular complexity index is 231. The fourth-order valence-electron chi connectivity index (χ4n) is 4.40. The molecule has 2 heterocycles. The van der Waals surface area contributed by atoms with E-state index in [1.807, 2.05) is 0 Å². The number of likely N-dealkylation sites (tertiary alicyclic amines) is 1. The van der Waals surface area contributed by atoms with Crippen LogP contribution in [0.25, 0.3) is 0 Å². The number of nitrogens with zero attached hydrogens (tertiary/aromatic N) is 1. The van der Waals surface area contributed by atoms with Gasteiger partial charge in [0.25, 0.3) is 0 Å². The largest absolute Gasteiger partial charge is 0.315 e. The predicted octanol–water partition coefficient (Wildman–Crippen LogP) is 2.78. The second kappa shape index (κ2) is 5.71. The standard InChI is InChI=1S/C15H28N2/c1-2-9-15-13(6-1)7-5-11-17(15)14-8-3-4-10-16-12-14/h13-16H,1-12H2/t13-,14?,15-/m1/s1. The second-order valence-electron chi connectivity index (χ2n) is 6.35. The molecule has 17 heavy (non-hydrogen) atoms. The maximum Gasteiger partial charge on any atom is 0.0223 e. The van der Waals surface area contributed by atoms with Gasteiger partial charge in [0.15, 0.2) is 0 Å². The number of rotatable bonds is 1. The van der Waals surface area contributed by atoms with Crippen molar-refractivity contribution < 1.29 is 0 Å². The SMILES string of the molecule is C1CCC(N2CCC[C@H]3CCCC[C@H]32)CNC1. The molecular formula is C15H28N2. The first-order chi connectivity index (χ1) is 8.45. The van der Waals surface area contributed by atoms with Crippen LogP contribution < -0.4 is 5.32 Å². The Morgan fingerprint density at radius 2 is 1.65 bits per heavy atom. The molecule has 0 amide bonds. The molecule has 2 aliphatic heterocycles. The first-order valence-electron chi connectivity index (χ1n) is 7.91. The van der Waals surface area contributed by atoms with Gasteiger partial charge in [-0.05, 0) is 57.5 Å². The minimum absolute atomic E-state index is 0.850. The molecular weight excluding hydrogens is 208 g/mol. The highest BCUT2D eigenvalue weighted by Crippen LogP contribution is 2.36. The van der Waals surface area contributed by atoms with Crippen molar-refractivity contribution in [2.45, 2.75) is 69.9 Å². The maximum atomic E-state index is 3.65. The minimum Gasteiger partial charge on any atom is -0.315 e. The summed E-state index contributed by atoms with van der Waals surface area (Å²) in [5, 5.41) is 3.65. The van der Waals surface area contributed by atoms with Gasteiger partial charge in [0.2, 0.25) is 0 Å². The predicted molar refractivity (Wildman–Crippen MR) is 72.2 cm³/mol. The summed E-state index contributed by atoms with van der Waals surface area (Å²) in [7, 11) is 0. The smallest absolute Gasteiger partial charge is 0.0223 e. The lowest BCUT2D eigenvalue weighted by atomic mass is 9.77. The van der Waals surface area contributed by atoms with E-state index in [2.05, 4.69) is 10.2 Å². The number of hydrogen-bond donors (Lipinski definition) is 1. The highest BCUT2D eigenvalue weighted by Gasteiger charge is 2.36. The van der Waals surface area contributed by atoms with Crippen LogP contribution in [0.2, 0.25) is 0 Å². The van der Waals surface area contributed by atoms with Gasteiger partial charge < -0.3 is 5.32 Å². The van der Waals surface area contributed by atoms with Crippen LogP contribution in [-0.4, -0.2) is 36.6 Å². The molecule has 2 saturated heterocycles. The van der Waals surface area contributed by atoms with E-state index in [1.54, 1.807) is 0 Å². The Labute approximate surface area is 106 Å². The van der Waals surface area contributed by atoms with Crippen molar-refractivity contribution in [3.63, 3.8) is 0 Å². The molecule has 1 N–H and O–H groups in total. The molecule has 0 radical (unpaired) electrons. The molecule has 2 nitrogen and oxygen atoms in total. The van der Waals surface area contributed by atoms with Crippen LogP contribution in [0.15, 0.2) is 0 Å². The third kappa shape index (κ3) is 2.68. The van der Waals surface area contributed by atoms with Gasteiger partial charge in [-0.3, -0.25) is 4.90 Å². The van der Waals surface area contributed by atoms with Gasteiger partial charge in [-0.1, -0.05) is 19.3 Å². The van der Waals surface area contributed by atoms with E-state index in [-0.39, 0.29) is 0 Å². The van der Waals surface area contributed by atoms with Crippen molar-refractivity contribution >= 4 is 0 Å². The molecule has 1 saturated carbocycles. The molecule has 0 aromatic rings. The molecule has 2 heteroatoms. The monoisotopic (exact) mass is 236 g/mol. The lowest BCUT2D eigenvalue weighted by molar-refractivity contribution is 0.0243. The summed E-state index contributed by atoms with van der Waals surface area (Å²) in [5.74, 6) is 1.04. The molecule has 0 bridgehead atoms. The molecule has 3 aliphatic rings. The van der Waals surface area contributed by atoms with E-state index in [0.29, 0.717) is 0 Å². The van der Waals surface area contributed by atoms with Gasteiger partial charge in [-0.2, -0.15) is 0 Å². The quantitative estimate of drug-likeness (QED) is 0.753. The lowest BCUT2D eigenvalue weighted by Gasteiger charge is -2.47. The van der Waals surface area contributed by atoms with Gasteiger partial charge in [0.1, 0.15) is 0 Å². The first kappa shape index (κ1) is 12.0. The van der Waals surface area contributed by atoms with Gasteiger partial charge in [0.05, 0.1) is 0 Å². The molecule has 0 aromatic carbocycles. The molecule has 1 unspecified atom stereocenters. The molecule has 3 fully saturated rings. The Balaban J connectivity index is 1.66. The lowest BCUT2D eigenvalue weighted by Crippen LogP contribution is -2.53. The van der Waals surface area contributed by atoms with Gasteiger partial charge in [-0.15, -0.1) is 0 Å². The molecule has 98 valence electrons. The Morgan fingerprint density at radius 1 is 0.824 bits per heavy atom. The van der Waals surface area contributed by atoms with E-state index in [4.69, 9.17) is 0 Å². The molecule has 3 atom stereocenters. The van der Waals surface area contributed by atoms with E-state index in [0.717, 1.165) is 18.0 Å². The summed E-state index contributed by atoms with van der Waals surface area (Å²) in [4.78, 5) is 2.91. The Hall–Kier alpha value is -0.0800. The summed E-state index contributed by atoms with van der Waals surface area (Å²) < 4.78 is 0. The minimum atomic E-state index is 0.850. The summed E-state index contributed by atoms with van der Waals surface area (Å²) in [6.45, 7) is 3.88. The van der Waals surface area contributed by atoms with E-state index in [9.17, 15) is 0 Å². The highest BCUT2D eigenvalue weighted by atomic mass is 15.2. The van der Waals surface area contributed by atoms with Crippen molar-refractivity contribution in [2.24, 2.45) is 5.92 Å². The summed E-state index contributed by atoms with van der Waals surface area (Å²) in [6.07, 6.45) is 13.2. The zero-order valence-corrected chi connectivity index (χ0v) is 11.2. The number of fused-ring (bicyclic) bond motifs is 1. The van der Waals surface area contributed by atoms with Crippen LogP contribution in [0.5, 0.6) is 0 Å². The maximum absolute atomic E-state index is 3.65. The number of nitrogens with one attached hydrogen (secondary N) is 1. The van der Waals surface area contributed by atoms with Crippen molar-refractivity contribution in [1.82, 2.24) is 10.2 Å². The number of piperidine rings is 1. The average Bonchev–Trinajstić information content (AvgIpc) is 2.67. The van der Waals surface area contributed by atoms with E-state index >= 15 is 0 Å². The second-order valence-corrected chi connectivity index (χ2v) is 6.35. The highest BCUT2D eigenvalue weighted by molar-refractivity contribution is 4.91. The van der Waals surface area contributed by atoms with E-state index < -0.39 is 0 Å². The van der Waals surface area contributed by atoms with Crippen molar-refractivity contribution in [2.75, 3.05) is 19.6 Å². The van der Waals surface area contributed by atoms with Gasteiger partial charge >= 0.3 is 0 Å². The summed E-state index contributed by atoms with van der Waals surface area (Å²) in [5.41, 5.74) is 0. The topological polar surface area (TPSA) is 15.3 Å². The van der Waals surface area contributed by atoms with Crippen LogP contribution in [0.1, 0.15) is 57.8 Å². The number of hydrogen-bond acceptors (Lipinski definition) is 2. The van der Waals surface area contributed by atoms with Gasteiger partial charge in [-0.25, -0.2) is 0 Å². The molecule has 1 aliphatic carbocycles. The third-order valence-corrected chi connectivity index (χ3v) is 5.28. The Morgan fingerprint density at radius 3 is 2.65 bits per heavy atom. The average molecular weight is 236 g/mol. The van der Waals surface area contributed by atoms with Crippen LogP contribution in [0.3, 0.4) is 0 Å². The van der Waals surface area contributed by atoms with Crippen LogP contribution in [0, 0.1) is 5.92 Å². The van der Waals surface area contributed by atoms with Crippen molar-refractivity contribution in [3.8, 4) is 0 Å². The van der Waals surface area contributed by atoms with Crippen LogP contribution >= 0.6 is 0 Å². The fraction of sp³-hybridized carbons (Fsp3) is 1.00. The van der Waals surface area contributed by atoms with Crippen LogP contribution in [-0.2, 0) is 0 Å². The molecule has 0 spiro atoms. The van der Waals surface area contributed by atoms with E-state index in [1.165, 1.54) is 77.4 Å². The normalized spacial score (nSPS) is 40.6. The zero-order valence-electron chi connectivity index (χ0n) is 11.2. The summed E-state index contributed by atoms with van der Waals surface area (Å²) >= 11 is 0.